The summed E-state index contributed by atoms with van der Waals surface area (Å²) in [5.74, 6) is -1.64. The number of benzene rings is 2. The van der Waals surface area contributed by atoms with Crippen molar-refractivity contribution in [1.29, 1.82) is 0 Å². The number of anilines is 2. The number of carbonyl (C=O) groups excluding carboxylic acids is 2. The van der Waals surface area contributed by atoms with E-state index in [1.807, 2.05) is 6.92 Å². The van der Waals surface area contributed by atoms with E-state index >= 15 is 0 Å². The van der Waals surface area contributed by atoms with Crippen LogP contribution in [0.25, 0.3) is 22.4 Å². The Morgan fingerprint density at radius 2 is 1.68 bits per heavy atom. The molecular weight excluding hydrogens is 442 g/mol. The van der Waals surface area contributed by atoms with E-state index in [0.717, 1.165) is 0 Å². The van der Waals surface area contributed by atoms with Gasteiger partial charge in [-0.3, -0.25) is 14.5 Å². The molecule has 2 aromatic heterocycles. The lowest BCUT2D eigenvalue weighted by molar-refractivity contribution is 0.0995. The van der Waals surface area contributed by atoms with Crippen LogP contribution in [0.4, 0.5) is 25.0 Å². The van der Waals surface area contributed by atoms with Gasteiger partial charge in [0.25, 0.3) is 5.91 Å². The van der Waals surface area contributed by atoms with Crippen LogP contribution in [0.15, 0.2) is 67.0 Å². The number of hydrogen-bond acceptors (Lipinski definition) is 4. The fourth-order valence-corrected chi connectivity index (χ4v) is 3.34. The number of aryl methyl sites for hydroxylation is 1. The van der Waals surface area contributed by atoms with Crippen molar-refractivity contribution in [1.82, 2.24) is 14.8 Å². The van der Waals surface area contributed by atoms with E-state index in [2.05, 4.69) is 20.7 Å². The van der Waals surface area contributed by atoms with E-state index in [-0.39, 0.29) is 11.3 Å². The number of rotatable bonds is 6. The molecule has 3 amide bonds. The van der Waals surface area contributed by atoms with Gasteiger partial charge in [-0.05, 0) is 61.5 Å². The highest BCUT2D eigenvalue weighted by molar-refractivity contribution is 6.00. The molecule has 4 aromatic rings. The number of nitrogens with two attached hydrogens (primary N) is 1. The van der Waals surface area contributed by atoms with E-state index < -0.39 is 23.6 Å². The first-order chi connectivity index (χ1) is 16.3. The molecule has 34 heavy (non-hydrogen) atoms. The Balaban J connectivity index is 1.67. The molecule has 0 aliphatic rings. The number of nitrogens with zero attached hydrogens (tertiary/aromatic N) is 3. The van der Waals surface area contributed by atoms with Crippen LogP contribution in [0.2, 0.25) is 0 Å². The molecule has 0 spiro atoms. The van der Waals surface area contributed by atoms with Gasteiger partial charge in [0, 0.05) is 47.0 Å². The van der Waals surface area contributed by atoms with Crippen LogP contribution in [0.5, 0.6) is 0 Å². The summed E-state index contributed by atoms with van der Waals surface area (Å²) in [5, 5.41) is 9.73. The second-order valence-electron chi connectivity index (χ2n) is 7.32. The lowest BCUT2D eigenvalue weighted by Crippen LogP contribution is -2.19. The molecule has 0 saturated heterocycles. The van der Waals surface area contributed by atoms with Crippen molar-refractivity contribution in [3.63, 3.8) is 0 Å². The standard InChI is InChI=1S/C24H20F2N6O2/c1-2-32-13-19(22(31-32)14-9-10-28-21(11-14)23(27)33)18-12-17(7-8-20(18)26)30-24(34)29-16-5-3-15(25)4-6-16/h3-13H,2H2,1H3,(H2,27,33)(H2,29,30,34). The molecule has 0 atom stereocenters. The van der Waals surface area contributed by atoms with Gasteiger partial charge in [-0.15, -0.1) is 0 Å². The lowest BCUT2D eigenvalue weighted by atomic mass is 10.0. The molecule has 2 heterocycles. The Labute approximate surface area is 193 Å². The zero-order valence-corrected chi connectivity index (χ0v) is 18.0. The Morgan fingerprint density at radius 1 is 0.971 bits per heavy atom. The van der Waals surface area contributed by atoms with Gasteiger partial charge < -0.3 is 16.4 Å². The van der Waals surface area contributed by atoms with Gasteiger partial charge in [0.15, 0.2) is 0 Å². The van der Waals surface area contributed by atoms with Crippen molar-refractivity contribution in [3.8, 4) is 22.4 Å². The zero-order chi connectivity index (χ0) is 24.2. The minimum atomic E-state index is -0.692. The first kappa shape index (κ1) is 22.6. The Hall–Kier alpha value is -4.60. The van der Waals surface area contributed by atoms with Gasteiger partial charge in [-0.25, -0.2) is 13.6 Å². The van der Waals surface area contributed by atoms with E-state index in [0.29, 0.717) is 34.7 Å². The molecule has 172 valence electrons. The molecule has 10 heteroatoms. The summed E-state index contributed by atoms with van der Waals surface area (Å²) in [6, 6.07) is 12.0. The fourth-order valence-electron chi connectivity index (χ4n) is 3.34. The predicted octanol–water partition coefficient (Wildman–Crippen LogP) is 4.65. The number of pyridine rings is 1. The second-order valence-corrected chi connectivity index (χ2v) is 7.32. The maximum atomic E-state index is 14.9. The number of amides is 3. The molecule has 0 unspecified atom stereocenters. The number of halogens is 2. The van der Waals surface area contributed by atoms with Crippen molar-refractivity contribution in [2.24, 2.45) is 5.73 Å². The van der Waals surface area contributed by atoms with Gasteiger partial charge in [0.2, 0.25) is 0 Å². The van der Waals surface area contributed by atoms with Gasteiger partial charge in [0.05, 0.1) is 0 Å². The van der Waals surface area contributed by atoms with Crippen molar-refractivity contribution >= 4 is 23.3 Å². The quantitative estimate of drug-likeness (QED) is 0.387. The van der Waals surface area contributed by atoms with Crippen molar-refractivity contribution in [2.45, 2.75) is 13.5 Å². The third kappa shape index (κ3) is 4.90. The van der Waals surface area contributed by atoms with Crippen molar-refractivity contribution in [2.75, 3.05) is 10.6 Å². The molecule has 2 aromatic carbocycles. The smallest absolute Gasteiger partial charge is 0.323 e. The van der Waals surface area contributed by atoms with Crippen molar-refractivity contribution in [3.05, 3.63) is 84.3 Å². The largest absolute Gasteiger partial charge is 0.364 e. The highest BCUT2D eigenvalue weighted by Gasteiger charge is 2.18. The van der Waals surface area contributed by atoms with E-state index in [1.165, 1.54) is 54.7 Å². The summed E-state index contributed by atoms with van der Waals surface area (Å²) >= 11 is 0. The molecular formula is C24H20F2N6O2. The van der Waals surface area contributed by atoms with E-state index in [4.69, 9.17) is 5.73 Å². The van der Waals surface area contributed by atoms with Crippen LogP contribution in [0.3, 0.4) is 0 Å². The minimum absolute atomic E-state index is 0.0582. The van der Waals surface area contributed by atoms with Gasteiger partial charge >= 0.3 is 6.03 Å². The lowest BCUT2D eigenvalue weighted by Gasteiger charge is -2.10. The predicted molar refractivity (Wildman–Crippen MR) is 124 cm³/mol. The SMILES string of the molecule is CCn1cc(-c2cc(NC(=O)Nc3ccc(F)cc3)ccc2F)c(-c2ccnc(C(N)=O)c2)n1. The number of nitrogens with one attached hydrogen (secondary N) is 2. The first-order valence-electron chi connectivity index (χ1n) is 10.3. The summed E-state index contributed by atoms with van der Waals surface area (Å²) in [4.78, 5) is 27.9. The average Bonchev–Trinajstić information content (AvgIpc) is 3.26. The third-order valence-corrected chi connectivity index (χ3v) is 4.99. The highest BCUT2D eigenvalue weighted by Crippen LogP contribution is 2.34. The summed E-state index contributed by atoms with van der Waals surface area (Å²) < 4.78 is 29.6. The highest BCUT2D eigenvalue weighted by atomic mass is 19.1. The topological polar surface area (TPSA) is 115 Å². The van der Waals surface area contributed by atoms with Crippen LogP contribution >= 0.6 is 0 Å². The molecule has 0 bridgehead atoms. The van der Waals surface area contributed by atoms with Crippen molar-refractivity contribution < 1.29 is 18.4 Å². The van der Waals surface area contributed by atoms with E-state index in [9.17, 15) is 18.4 Å². The van der Waals surface area contributed by atoms with Crippen LogP contribution in [0, 0.1) is 11.6 Å². The summed E-state index contributed by atoms with van der Waals surface area (Å²) in [5.41, 5.74) is 7.76. The molecule has 4 N–H and O–H groups in total. The summed E-state index contributed by atoms with van der Waals surface area (Å²) in [7, 11) is 0. The third-order valence-electron chi connectivity index (χ3n) is 4.99. The number of urea groups is 1. The molecule has 8 nitrogen and oxygen atoms in total. The Morgan fingerprint density at radius 3 is 2.38 bits per heavy atom. The van der Waals surface area contributed by atoms with Gasteiger partial charge in [-0.2, -0.15) is 5.10 Å². The molecule has 0 aliphatic carbocycles. The zero-order valence-electron chi connectivity index (χ0n) is 18.0. The number of primary amides is 1. The maximum Gasteiger partial charge on any atom is 0.323 e. The Bertz CT molecular complexity index is 1370. The second kappa shape index (κ2) is 9.49. The maximum absolute atomic E-state index is 14.9. The van der Waals surface area contributed by atoms with Crippen LogP contribution in [-0.2, 0) is 6.54 Å². The molecule has 0 saturated carbocycles. The Kier molecular flexibility index (Phi) is 6.30. The molecule has 4 rings (SSSR count). The van der Waals surface area contributed by atoms with Crippen LogP contribution in [-0.4, -0.2) is 26.7 Å². The number of hydrogen-bond donors (Lipinski definition) is 3. The average molecular weight is 462 g/mol. The summed E-state index contributed by atoms with van der Waals surface area (Å²) in [6.45, 7) is 2.41. The monoisotopic (exact) mass is 462 g/mol. The van der Waals surface area contributed by atoms with E-state index in [1.54, 1.807) is 16.9 Å². The fraction of sp³-hybridized carbons (Fsp3) is 0.0833. The molecule has 0 radical (unpaired) electrons. The van der Waals surface area contributed by atoms with Crippen LogP contribution < -0.4 is 16.4 Å². The first-order valence-corrected chi connectivity index (χ1v) is 10.3. The number of carbonyl (C=O) groups is 2. The normalized spacial score (nSPS) is 10.7. The van der Waals surface area contributed by atoms with Gasteiger partial charge in [-0.1, -0.05) is 0 Å². The molecule has 0 aliphatic heterocycles. The molecule has 0 fully saturated rings. The number of aromatic nitrogens is 3. The minimum Gasteiger partial charge on any atom is -0.364 e. The summed E-state index contributed by atoms with van der Waals surface area (Å²) in [6.07, 6.45) is 3.11. The van der Waals surface area contributed by atoms with Crippen LogP contribution in [0.1, 0.15) is 17.4 Å². The van der Waals surface area contributed by atoms with Gasteiger partial charge in [0.1, 0.15) is 23.0 Å².